The van der Waals surface area contributed by atoms with Gasteiger partial charge in [-0.3, -0.25) is 0 Å². The molecule has 6 atom stereocenters. The van der Waals surface area contributed by atoms with Crippen molar-refractivity contribution in [2.75, 3.05) is 0 Å². The van der Waals surface area contributed by atoms with E-state index in [0.717, 1.165) is 33.4 Å². The molecular weight excluding hydrogens is 1030 g/mol. The lowest BCUT2D eigenvalue weighted by Crippen LogP contribution is -2.31. The van der Waals surface area contributed by atoms with Crippen molar-refractivity contribution in [2.24, 2.45) is 0 Å². The summed E-state index contributed by atoms with van der Waals surface area (Å²) >= 11 is 72.5. The first-order valence-corrected chi connectivity index (χ1v) is 26.3. The summed E-state index contributed by atoms with van der Waals surface area (Å²) < 4.78 is 0. The van der Waals surface area contributed by atoms with Gasteiger partial charge < -0.3 is 0 Å². The van der Waals surface area contributed by atoms with Gasteiger partial charge in [-0.25, -0.2) is 0 Å². The number of thiol groups is 6. The van der Waals surface area contributed by atoms with E-state index in [-0.39, 0.29) is 0 Å². The Balaban J connectivity index is 1.73. The van der Waals surface area contributed by atoms with Crippen LogP contribution in [-0.4, -0.2) is 29.2 Å². The van der Waals surface area contributed by atoms with E-state index in [1.165, 1.54) is 0 Å². The molecule has 0 fully saturated rings. The van der Waals surface area contributed by atoms with E-state index in [1.807, 2.05) is 182 Å². The summed E-state index contributed by atoms with van der Waals surface area (Å²) in [7, 11) is 0. The van der Waals surface area contributed by atoms with E-state index >= 15 is 0 Å². The average Bonchev–Trinajstić information content (AvgIpc) is 3.38. The van der Waals surface area contributed by atoms with Crippen molar-refractivity contribution in [3.63, 3.8) is 0 Å². The lowest BCUT2D eigenvalue weighted by atomic mass is 9.75. The second-order valence-corrected chi connectivity index (χ2v) is 21.1. The maximum absolute atomic E-state index is 6.77. The van der Waals surface area contributed by atoms with Gasteiger partial charge in [-0.05, 0) is 33.4 Å². The third-order valence-corrected chi connectivity index (χ3v) is 18.2. The standard InChI is InChI=1S/C54H42S12/c55-43(31-19-7-1-8-20-31)49(61)37-38(50(62)44(56)32-21-9-2-10-22-32)40(52(64)46(58)34-25-13-4-14-26-34)42(54(66)48(60)36-29-17-6-18-30-36)41(53(65)47(59)35-27-15-5-16-28-35)39(37)51(63)45(57)33-23-11-3-12-24-33/h1-30,43-48,55-60H. The monoisotopic (exact) mass is 1070 g/mol. The lowest BCUT2D eigenvalue weighted by Gasteiger charge is -2.34. The van der Waals surface area contributed by atoms with E-state index in [2.05, 4.69) is 0 Å². The number of benzene rings is 7. The van der Waals surface area contributed by atoms with Crippen LogP contribution in [0.5, 0.6) is 0 Å². The molecule has 0 aromatic heterocycles. The zero-order chi connectivity index (χ0) is 47.1. The average molecular weight is 1080 g/mol. The van der Waals surface area contributed by atoms with Crippen LogP contribution in [0.25, 0.3) is 0 Å². The summed E-state index contributed by atoms with van der Waals surface area (Å²) in [6.07, 6.45) is 0. The normalized spacial score (nSPS) is 13.9. The second kappa shape index (κ2) is 23.7. The van der Waals surface area contributed by atoms with Crippen LogP contribution in [-0.2, 0) is 0 Å². The van der Waals surface area contributed by atoms with Gasteiger partial charge in [-0.2, -0.15) is 75.8 Å². The Kier molecular flexibility index (Phi) is 18.3. The van der Waals surface area contributed by atoms with Crippen molar-refractivity contribution < 1.29 is 0 Å². The van der Waals surface area contributed by atoms with Crippen LogP contribution in [0.1, 0.15) is 98.3 Å². The number of thiocarbonyl (C=S) groups is 6. The third kappa shape index (κ3) is 11.1. The minimum absolute atomic E-state index is 0.448. The molecule has 0 nitrogen and oxygen atoms in total. The Bertz CT molecular complexity index is 2350. The topological polar surface area (TPSA) is 0 Å². The van der Waals surface area contributed by atoms with Crippen molar-refractivity contribution in [2.45, 2.75) is 31.5 Å². The highest BCUT2D eigenvalue weighted by atomic mass is 32.1. The van der Waals surface area contributed by atoms with Crippen molar-refractivity contribution in [1.82, 2.24) is 0 Å². The molecule has 6 unspecified atom stereocenters. The molecule has 0 amide bonds. The van der Waals surface area contributed by atoms with Gasteiger partial charge in [-0.15, -0.1) is 0 Å². The van der Waals surface area contributed by atoms with E-state index in [0.29, 0.717) is 62.6 Å². The van der Waals surface area contributed by atoms with Crippen LogP contribution in [0.4, 0.5) is 0 Å². The molecule has 0 bridgehead atoms. The van der Waals surface area contributed by atoms with Crippen LogP contribution in [0.3, 0.4) is 0 Å². The molecule has 0 aliphatic heterocycles. The van der Waals surface area contributed by atoms with E-state index in [1.54, 1.807) is 0 Å². The predicted molar refractivity (Wildman–Crippen MR) is 326 cm³/mol. The number of rotatable bonds is 18. The van der Waals surface area contributed by atoms with Crippen molar-refractivity contribution in [3.05, 3.63) is 249 Å². The highest BCUT2D eigenvalue weighted by Crippen LogP contribution is 2.46. The molecule has 7 aromatic rings. The predicted octanol–water partition coefficient (Wildman–Crippen LogP) is 16.0. The molecule has 12 heteroatoms. The quantitative estimate of drug-likeness (QED) is 0.0286. The van der Waals surface area contributed by atoms with E-state index < -0.39 is 31.5 Å². The van der Waals surface area contributed by atoms with Crippen LogP contribution in [0.2, 0.25) is 0 Å². The zero-order valence-corrected chi connectivity index (χ0v) is 45.2. The summed E-state index contributed by atoms with van der Waals surface area (Å²) in [6, 6.07) is 59.3. The highest BCUT2D eigenvalue weighted by molar-refractivity contribution is 7.89. The first kappa shape index (κ1) is 51.0. The minimum atomic E-state index is -0.626. The third-order valence-electron chi connectivity index (χ3n) is 11.2. The Morgan fingerprint density at radius 2 is 0.318 bits per heavy atom. The molecule has 0 spiro atoms. The summed E-state index contributed by atoms with van der Waals surface area (Å²) in [4.78, 5) is 2.69. The van der Waals surface area contributed by atoms with E-state index in [9.17, 15) is 0 Å². The molecule has 0 aliphatic carbocycles. The van der Waals surface area contributed by atoms with Gasteiger partial charge in [0, 0.05) is 62.6 Å². The molecule has 0 aliphatic rings. The Labute approximate surface area is 453 Å². The molecule has 0 N–H and O–H groups in total. The van der Waals surface area contributed by atoms with Gasteiger partial charge >= 0.3 is 0 Å². The van der Waals surface area contributed by atoms with Crippen molar-refractivity contribution in [3.8, 4) is 0 Å². The maximum atomic E-state index is 6.77. The van der Waals surface area contributed by atoms with Gasteiger partial charge in [-0.1, -0.05) is 255 Å². The lowest BCUT2D eigenvalue weighted by molar-refractivity contribution is 1.25. The Hall–Kier alpha value is -2.82. The molecular formula is C54H42S12. The molecule has 0 heterocycles. The fourth-order valence-electron chi connectivity index (χ4n) is 7.77. The highest BCUT2D eigenvalue weighted by Gasteiger charge is 2.40. The van der Waals surface area contributed by atoms with Gasteiger partial charge in [0.05, 0.1) is 31.5 Å². The summed E-state index contributed by atoms with van der Waals surface area (Å²) in [5.74, 6) is 0. The molecule has 7 rings (SSSR count). The molecule has 0 saturated heterocycles. The Morgan fingerprint density at radius 3 is 0.424 bits per heavy atom. The number of hydrogen-bond donors (Lipinski definition) is 6. The molecule has 66 heavy (non-hydrogen) atoms. The largest absolute Gasteiger partial charge is 0.165 e. The molecule has 330 valence electrons. The summed E-state index contributed by atoms with van der Waals surface area (Å²) in [5, 5.41) is -3.76. The fourth-order valence-corrected chi connectivity index (χ4v) is 11.6. The van der Waals surface area contributed by atoms with Gasteiger partial charge in [0.2, 0.25) is 0 Å². The molecule has 7 aromatic carbocycles. The smallest absolute Gasteiger partial charge is 0.0624 e. The van der Waals surface area contributed by atoms with Crippen LogP contribution in [0.15, 0.2) is 182 Å². The van der Waals surface area contributed by atoms with Gasteiger partial charge in [0.25, 0.3) is 0 Å². The van der Waals surface area contributed by atoms with Crippen molar-refractivity contribution in [1.29, 1.82) is 0 Å². The maximum Gasteiger partial charge on any atom is 0.0624 e. The fraction of sp³-hybridized carbons (Fsp3) is 0.111. The van der Waals surface area contributed by atoms with Crippen molar-refractivity contribution >= 4 is 178 Å². The number of hydrogen-bond acceptors (Lipinski definition) is 12. The molecule has 0 saturated carbocycles. The van der Waals surface area contributed by atoms with Crippen LogP contribution >= 0.6 is 149 Å². The molecule has 0 radical (unpaired) electrons. The SMILES string of the molecule is S=C(c1c(C(=S)C(S)c2ccccc2)c(C(=S)C(S)c2ccccc2)c(C(=S)C(S)c2ccccc2)c(C(=S)C(S)c2ccccc2)c1C(=S)C(S)c1ccccc1)C(S)c1ccccc1. The zero-order valence-electron chi connectivity index (χ0n) is 34.9. The summed E-state index contributed by atoms with van der Waals surface area (Å²) in [6.45, 7) is 0. The van der Waals surface area contributed by atoms with Gasteiger partial charge in [0.1, 0.15) is 0 Å². The van der Waals surface area contributed by atoms with Gasteiger partial charge in [0.15, 0.2) is 0 Å². The Morgan fingerprint density at radius 1 is 0.212 bits per heavy atom. The van der Waals surface area contributed by atoms with Crippen LogP contribution < -0.4 is 0 Å². The summed E-state index contributed by atoms with van der Waals surface area (Å²) in [5.41, 5.74) is 8.52. The first-order valence-electron chi connectivity index (χ1n) is 20.7. The minimum Gasteiger partial charge on any atom is -0.165 e. The second-order valence-electron chi connectivity index (χ2n) is 15.3. The van der Waals surface area contributed by atoms with Crippen LogP contribution in [0, 0.1) is 0 Å². The van der Waals surface area contributed by atoms with E-state index in [4.69, 9.17) is 149 Å². The first-order chi connectivity index (χ1) is 31.8.